The Labute approximate surface area is 122 Å². The second kappa shape index (κ2) is 5.63. The SMILES string of the molecule is C[C@H]1CCN(C(C)(C)C)P(=O)([C@@H](C)c2ccccc2)O1. The highest BCUT2D eigenvalue weighted by molar-refractivity contribution is 7.57. The molecule has 1 saturated heterocycles. The maximum absolute atomic E-state index is 13.6. The molecule has 0 aliphatic carbocycles. The van der Waals surface area contributed by atoms with E-state index in [1.54, 1.807) is 0 Å². The molecule has 0 amide bonds. The third kappa shape index (κ3) is 3.00. The van der Waals surface area contributed by atoms with Crippen LogP contribution in [0.25, 0.3) is 0 Å². The fraction of sp³-hybridized carbons (Fsp3) is 0.625. The van der Waals surface area contributed by atoms with Crippen LogP contribution in [0.5, 0.6) is 0 Å². The van der Waals surface area contributed by atoms with E-state index in [0.29, 0.717) is 0 Å². The van der Waals surface area contributed by atoms with Gasteiger partial charge in [0.2, 0.25) is 0 Å². The summed E-state index contributed by atoms with van der Waals surface area (Å²) in [5.74, 6) is 0. The minimum absolute atomic E-state index is 0.0607. The van der Waals surface area contributed by atoms with E-state index >= 15 is 0 Å². The summed E-state index contributed by atoms with van der Waals surface area (Å²) in [5, 5.41) is 0. The van der Waals surface area contributed by atoms with Gasteiger partial charge in [-0.15, -0.1) is 0 Å². The normalized spacial score (nSPS) is 30.1. The zero-order valence-corrected chi connectivity index (χ0v) is 14.1. The van der Waals surface area contributed by atoms with Crippen LogP contribution in [-0.4, -0.2) is 22.9 Å². The molecule has 1 fully saturated rings. The van der Waals surface area contributed by atoms with E-state index < -0.39 is 7.52 Å². The molecular formula is C16H26NO2P. The van der Waals surface area contributed by atoms with Gasteiger partial charge in [0.05, 0.1) is 11.8 Å². The fourth-order valence-corrected chi connectivity index (χ4v) is 5.90. The van der Waals surface area contributed by atoms with Crippen molar-refractivity contribution < 1.29 is 9.09 Å². The summed E-state index contributed by atoms with van der Waals surface area (Å²) in [6.45, 7) is 11.2. The van der Waals surface area contributed by atoms with Gasteiger partial charge in [0, 0.05) is 12.1 Å². The topological polar surface area (TPSA) is 29.5 Å². The Morgan fingerprint density at radius 1 is 1.30 bits per heavy atom. The van der Waals surface area contributed by atoms with Crippen molar-refractivity contribution in [3.63, 3.8) is 0 Å². The molecule has 0 radical (unpaired) electrons. The molecule has 1 aliphatic heterocycles. The molecule has 1 heterocycles. The highest BCUT2D eigenvalue weighted by Crippen LogP contribution is 2.67. The molecule has 0 spiro atoms. The highest BCUT2D eigenvalue weighted by atomic mass is 31.2. The third-order valence-corrected chi connectivity index (χ3v) is 7.37. The van der Waals surface area contributed by atoms with Crippen molar-refractivity contribution in [3.05, 3.63) is 35.9 Å². The van der Waals surface area contributed by atoms with Gasteiger partial charge in [0.25, 0.3) is 7.52 Å². The van der Waals surface area contributed by atoms with Gasteiger partial charge < -0.3 is 4.52 Å². The first-order chi connectivity index (χ1) is 9.25. The van der Waals surface area contributed by atoms with Gasteiger partial charge >= 0.3 is 0 Å². The molecule has 0 saturated carbocycles. The number of hydrogen-bond acceptors (Lipinski definition) is 2. The lowest BCUT2D eigenvalue weighted by atomic mass is 10.1. The minimum atomic E-state index is -2.88. The van der Waals surface area contributed by atoms with Crippen LogP contribution >= 0.6 is 7.52 Å². The van der Waals surface area contributed by atoms with Crippen molar-refractivity contribution >= 4 is 7.52 Å². The minimum Gasteiger partial charge on any atom is -0.314 e. The van der Waals surface area contributed by atoms with Crippen LogP contribution in [0.3, 0.4) is 0 Å². The van der Waals surface area contributed by atoms with Gasteiger partial charge in [-0.05, 0) is 46.6 Å². The molecule has 4 heteroatoms. The summed E-state index contributed by atoms with van der Waals surface area (Å²) in [7, 11) is -2.88. The van der Waals surface area contributed by atoms with Gasteiger partial charge in [0.15, 0.2) is 0 Å². The first-order valence-electron chi connectivity index (χ1n) is 7.36. The monoisotopic (exact) mass is 295 g/mol. The zero-order chi connectivity index (χ0) is 15.0. The molecule has 0 bridgehead atoms. The Bertz CT molecular complexity index is 495. The number of rotatable bonds is 2. The van der Waals surface area contributed by atoms with E-state index in [2.05, 4.69) is 25.4 Å². The summed E-state index contributed by atoms with van der Waals surface area (Å²) in [6.07, 6.45) is 0.994. The number of hydrogen-bond donors (Lipinski definition) is 0. The van der Waals surface area contributed by atoms with Crippen LogP contribution in [-0.2, 0) is 9.09 Å². The Balaban J connectivity index is 2.39. The van der Waals surface area contributed by atoms with Crippen LogP contribution in [0.15, 0.2) is 30.3 Å². The van der Waals surface area contributed by atoms with Crippen molar-refractivity contribution in [3.8, 4) is 0 Å². The lowest BCUT2D eigenvalue weighted by Crippen LogP contribution is -2.45. The zero-order valence-electron chi connectivity index (χ0n) is 13.2. The predicted molar refractivity (Wildman–Crippen MR) is 84.1 cm³/mol. The average molecular weight is 295 g/mol. The van der Waals surface area contributed by atoms with E-state index in [-0.39, 0.29) is 17.3 Å². The molecule has 0 aromatic heterocycles. The standard InChI is InChI=1S/C16H26NO2P/c1-13-11-12-17(16(3,4)5)20(18,19-13)14(2)15-9-7-6-8-10-15/h6-10,13-14H,11-12H2,1-5H3/t13-,14-,20?/m0/s1. The summed E-state index contributed by atoms with van der Waals surface area (Å²) in [4.78, 5) is 0. The van der Waals surface area contributed by atoms with Crippen LogP contribution in [0.1, 0.15) is 52.3 Å². The molecule has 112 valence electrons. The van der Waals surface area contributed by atoms with Crippen molar-refractivity contribution in [2.45, 2.75) is 58.3 Å². The molecule has 3 nitrogen and oxygen atoms in total. The molecule has 1 aromatic carbocycles. The molecule has 1 aromatic rings. The predicted octanol–water partition coefficient (Wildman–Crippen LogP) is 4.85. The quantitative estimate of drug-likeness (QED) is 0.730. The molecule has 3 atom stereocenters. The van der Waals surface area contributed by atoms with Crippen molar-refractivity contribution in [1.29, 1.82) is 0 Å². The molecule has 0 N–H and O–H groups in total. The van der Waals surface area contributed by atoms with Gasteiger partial charge in [-0.1, -0.05) is 30.3 Å². The van der Waals surface area contributed by atoms with Gasteiger partial charge in [-0.2, -0.15) is 0 Å². The molecule has 1 unspecified atom stereocenters. The summed E-state index contributed by atoms with van der Waals surface area (Å²) in [6, 6.07) is 10.0. The Morgan fingerprint density at radius 3 is 2.45 bits per heavy atom. The summed E-state index contributed by atoms with van der Waals surface area (Å²) < 4.78 is 21.7. The second-order valence-electron chi connectivity index (χ2n) is 6.65. The lowest BCUT2D eigenvalue weighted by Gasteiger charge is -2.47. The van der Waals surface area contributed by atoms with Crippen molar-refractivity contribution in [2.24, 2.45) is 0 Å². The van der Waals surface area contributed by atoms with Crippen LogP contribution in [0.2, 0.25) is 0 Å². The molecule has 20 heavy (non-hydrogen) atoms. The van der Waals surface area contributed by atoms with Crippen LogP contribution < -0.4 is 0 Å². The van der Waals surface area contributed by atoms with E-state index in [0.717, 1.165) is 18.5 Å². The third-order valence-electron chi connectivity index (χ3n) is 3.96. The first kappa shape index (κ1) is 15.8. The number of benzene rings is 1. The Kier molecular flexibility index (Phi) is 4.44. The maximum atomic E-state index is 13.6. The summed E-state index contributed by atoms with van der Waals surface area (Å²) >= 11 is 0. The van der Waals surface area contributed by atoms with Crippen molar-refractivity contribution in [1.82, 2.24) is 4.67 Å². The Morgan fingerprint density at radius 2 is 1.90 bits per heavy atom. The largest absolute Gasteiger partial charge is 0.314 e. The van der Waals surface area contributed by atoms with Gasteiger partial charge in [0.1, 0.15) is 0 Å². The smallest absolute Gasteiger partial charge is 0.280 e. The van der Waals surface area contributed by atoms with E-state index in [4.69, 9.17) is 4.52 Å². The van der Waals surface area contributed by atoms with Gasteiger partial charge in [-0.25, -0.2) is 4.67 Å². The second-order valence-corrected chi connectivity index (χ2v) is 9.25. The van der Waals surface area contributed by atoms with E-state index in [1.165, 1.54) is 0 Å². The Hall–Kier alpha value is -0.630. The van der Waals surface area contributed by atoms with E-state index in [1.807, 2.05) is 44.2 Å². The van der Waals surface area contributed by atoms with Crippen molar-refractivity contribution in [2.75, 3.05) is 6.54 Å². The molecule has 1 aliphatic rings. The molecular weight excluding hydrogens is 269 g/mol. The maximum Gasteiger partial charge on any atom is 0.280 e. The fourth-order valence-electron chi connectivity index (χ4n) is 2.78. The van der Waals surface area contributed by atoms with Crippen LogP contribution in [0.4, 0.5) is 0 Å². The number of nitrogens with zero attached hydrogens (tertiary/aromatic N) is 1. The van der Waals surface area contributed by atoms with Gasteiger partial charge in [-0.3, -0.25) is 4.57 Å². The summed E-state index contributed by atoms with van der Waals surface area (Å²) in [5.41, 5.74) is 0.823. The van der Waals surface area contributed by atoms with E-state index in [9.17, 15) is 4.57 Å². The van der Waals surface area contributed by atoms with Crippen LogP contribution in [0, 0.1) is 0 Å². The highest BCUT2D eigenvalue weighted by Gasteiger charge is 2.47. The average Bonchev–Trinajstić information content (AvgIpc) is 2.37. The molecule has 2 rings (SSSR count). The lowest BCUT2D eigenvalue weighted by molar-refractivity contribution is 0.0963. The first-order valence-corrected chi connectivity index (χ1v) is 9.01.